The van der Waals surface area contributed by atoms with Crippen LogP contribution in [0.15, 0.2) is 48.6 Å². The molecule has 0 radical (unpaired) electrons. The Morgan fingerprint density at radius 2 is 0.481 bits per heavy atom. The summed E-state index contributed by atoms with van der Waals surface area (Å²) in [6.07, 6.45) is 88.5. The molecule has 0 amide bonds. The summed E-state index contributed by atoms with van der Waals surface area (Å²) in [5, 5.41) is 0. The Kier molecular flexibility index (Phi) is 67.6. The van der Waals surface area contributed by atoms with Crippen molar-refractivity contribution >= 4 is 17.9 Å². The highest BCUT2D eigenvalue weighted by Gasteiger charge is 2.19. The van der Waals surface area contributed by atoms with Crippen LogP contribution in [0.3, 0.4) is 0 Å². The Morgan fingerprint density at radius 3 is 0.753 bits per heavy atom. The Hall–Kier alpha value is -2.63. The molecule has 0 spiro atoms. The predicted octanol–water partition coefficient (Wildman–Crippen LogP) is 24.9. The van der Waals surface area contributed by atoms with Crippen molar-refractivity contribution in [1.29, 1.82) is 0 Å². The molecule has 0 saturated carbocycles. The smallest absolute Gasteiger partial charge is 0.306 e. The zero-order chi connectivity index (χ0) is 58.5. The average Bonchev–Trinajstić information content (AvgIpc) is 3.47. The van der Waals surface area contributed by atoms with Gasteiger partial charge in [0.15, 0.2) is 6.10 Å². The maximum atomic E-state index is 13.0. The fourth-order valence-corrected chi connectivity index (χ4v) is 11.0. The third-order valence-corrected chi connectivity index (χ3v) is 16.3. The van der Waals surface area contributed by atoms with E-state index in [4.69, 9.17) is 14.2 Å². The predicted molar refractivity (Wildman–Crippen MR) is 353 cm³/mol. The summed E-state index contributed by atoms with van der Waals surface area (Å²) in [7, 11) is 0. The summed E-state index contributed by atoms with van der Waals surface area (Å²) in [4.78, 5) is 38.5. The molecule has 0 aliphatic rings. The molecule has 0 bridgehead atoms. The van der Waals surface area contributed by atoms with E-state index < -0.39 is 6.10 Å². The molecular weight excluding hydrogens is 997 g/mol. The van der Waals surface area contributed by atoms with Gasteiger partial charge in [-0.25, -0.2) is 0 Å². The lowest BCUT2D eigenvalue weighted by Crippen LogP contribution is -2.30. The molecule has 0 rings (SSSR count). The van der Waals surface area contributed by atoms with Crippen molar-refractivity contribution in [1.82, 2.24) is 0 Å². The van der Waals surface area contributed by atoms with Gasteiger partial charge < -0.3 is 14.2 Å². The molecule has 1 atom stereocenters. The Labute approximate surface area is 505 Å². The van der Waals surface area contributed by atoms with Crippen molar-refractivity contribution in [3.8, 4) is 0 Å². The minimum atomic E-state index is -0.775. The van der Waals surface area contributed by atoms with Crippen molar-refractivity contribution < 1.29 is 28.6 Å². The largest absolute Gasteiger partial charge is 0.462 e. The highest BCUT2D eigenvalue weighted by molar-refractivity contribution is 5.71. The highest BCUT2D eigenvalue weighted by Crippen LogP contribution is 2.19. The van der Waals surface area contributed by atoms with Crippen molar-refractivity contribution in [2.45, 2.75) is 399 Å². The van der Waals surface area contributed by atoms with Crippen LogP contribution in [-0.4, -0.2) is 37.2 Å². The van der Waals surface area contributed by atoms with Crippen LogP contribution in [0, 0.1) is 0 Å². The number of ether oxygens (including phenoxy) is 3. The van der Waals surface area contributed by atoms with Gasteiger partial charge in [-0.2, -0.15) is 0 Å². The molecule has 0 N–H and O–H groups in total. The van der Waals surface area contributed by atoms with E-state index >= 15 is 0 Å². The third kappa shape index (κ3) is 68.0. The van der Waals surface area contributed by atoms with Crippen molar-refractivity contribution in [3.05, 3.63) is 48.6 Å². The van der Waals surface area contributed by atoms with E-state index in [1.54, 1.807) is 0 Å². The van der Waals surface area contributed by atoms with Gasteiger partial charge in [-0.15, -0.1) is 0 Å². The molecule has 0 aliphatic heterocycles. The number of allylic oxidation sites excluding steroid dienone is 8. The molecule has 6 heteroatoms. The van der Waals surface area contributed by atoms with Crippen LogP contribution in [0.4, 0.5) is 0 Å². The summed E-state index contributed by atoms with van der Waals surface area (Å²) < 4.78 is 17.0. The van der Waals surface area contributed by atoms with Gasteiger partial charge >= 0.3 is 17.9 Å². The lowest BCUT2D eigenvalue weighted by atomic mass is 10.0. The van der Waals surface area contributed by atoms with Crippen LogP contribution in [-0.2, 0) is 28.6 Å². The first-order valence-electron chi connectivity index (χ1n) is 36.1. The molecule has 0 saturated heterocycles. The van der Waals surface area contributed by atoms with Crippen molar-refractivity contribution in [3.63, 3.8) is 0 Å². The van der Waals surface area contributed by atoms with Crippen LogP contribution >= 0.6 is 0 Å². The fraction of sp³-hybridized carbons (Fsp3) is 0.853. The van der Waals surface area contributed by atoms with Crippen LogP contribution in [0.5, 0.6) is 0 Å². The molecule has 0 aromatic heterocycles. The molecule has 0 heterocycles. The first-order valence-corrected chi connectivity index (χ1v) is 36.1. The molecular formula is C75H138O6. The van der Waals surface area contributed by atoms with E-state index in [0.29, 0.717) is 19.3 Å². The van der Waals surface area contributed by atoms with Gasteiger partial charge in [0.05, 0.1) is 0 Å². The molecule has 0 fully saturated rings. The van der Waals surface area contributed by atoms with E-state index in [1.807, 2.05) is 0 Å². The number of hydrogen-bond acceptors (Lipinski definition) is 6. The Bertz CT molecular complexity index is 1400. The van der Waals surface area contributed by atoms with Gasteiger partial charge in [0, 0.05) is 19.3 Å². The van der Waals surface area contributed by atoms with E-state index in [0.717, 1.165) is 89.9 Å². The minimum absolute atomic E-state index is 0.0696. The standard InChI is InChI=1S/C75H138O6/c1-4-7-10-13-16-19-22-25-28-31-34-37-40-43-46-49-52-55-58-61-64-67-73(76)79-70-72(81-75(78)69-66-63-60-57-54-51-48-45-42-39-36-33-30-27-24-21-18-15-12-9-6-3)71-80-74(77)68-65-62-59-56-53-50-47-44-41-38-35-32-29-26-23-20-17-14-11-8-5-2/h7,10,16,19,25,28,34,37,72H,4-6,8-9,11-15,17-18,20-24,26-27,29-33,35-36,38-71H2,1-3H3/b10-7-,19-16-,28-25-,37-34-. The van der Waals surface area contributed by atoms with Gasteiger partial charge in [0.1, 0.15) is 13.2 Å². The summed E-state index contributed by atoms with van der Waals surface area (Å²) in [6, 6.07) is 0. The topological polar surface area (TPSA) is 78.9 Å². The second kappa shape index (κ2) is 69.9. The molecule has 81 heavy (non-hydrogen) atoms. The van der Waals surface area contributed by atoms with Gasteiger partial charge in [-0.3, -0.25) is 14.4 Å². The SMILES string of the molecule is CC/C=C\C/C=C\C/C=C\C/C=C\CCCCCCCCCCC(=O)OCC(COC(=O)CCCCCCCCCCCCCCCCCCCCCCC)OC(=O)CCCCCCCCCCCCCCCCCCCCCCC. The van der Waals surface area contributed by atoms with Gasteiger partial charge in [-0.1, -0.05) is 365 Å². The molecule has 6 nitrogen and oxygen atoms in total. The average molecular weight is 1140 g/mol. The third-order valence-electron chi connectivity index (χ3n) is 16.3. The first-order chi connectivity index (χ1) is 40.0. The molecule has 474 valence electrons. The van der Waals surface area contributed by atoms with Crippen molar-refractivity contribution in [2.24, 2.45) is 0 Å². The van der Waals surface area contributed by atoms with Crippen LogP contribution in [0.1, 0.15) is 393 Å². The quantitative estimate of drug-likeness (QED) is 0.0261. The van der Waals surface area contributed by atoms with Gasteiger partial charge in [-0.05, 0) is 57.8 Å². The van der Waals surface area contributed by atoms with E-state index in [1.165, 1.54) is 263 Å². The normalized spacial score (nSPS) is 12.3. The summed E-state index contributed by atoms with van der Waals surface area (Å²) in [5.41, 5.74) is 0. The highest BCUT2D eigenvalue weighted by atomic mass is 16.6. The molecule has 0 aliphatic carbocycles. The zero-order valence-electron chi connectivity index (χ0n) is 54.6. The van der Waals surface area contributed by atoms with E-state index in [-0.39, 0.29) is 31.1 Å². The molecule has 1 unspecified atom stereocenters. The number of carbonyl (C=O) groups is 3. The maximum absolute atomic E-state index is 13.0. The lowest BCUT2D eigenvalue weighted by molar-refractivity contribution is -0.167. The monoisotopic (exact) mass is 1140 g/mol. The number of carbonyl (C=O) groups excluding carboxylic acids is 3. The van der Waals surface area contributed by atoms with Gasteiger partial charge in [0.2, 0.25) is 0 Å². The first kappa shape index (κ1) is 78.4. The minimum Gasteiger partial charge on any atom is -0.462 e. The van der Waals surface area contributed by atoms with Crippen molar-refractivity contribution in [2.75, 3.05) is 13.2 Å². The summed E-state index contributed by atoms with van der Waals surface area (Å²) >= 11 is 0. The number of rotatable bonds is 67. The molecule has 0 aromatic carbocycles. The van der Waals surface area contributed by atoms with Crippen LogP contribution < -0.4 is 0 Å². The Balaban J connectivity index is 4.32. The van der Waals surface area contributed by atoms with E-state index in [9.17, 15) is 14.4 Å². The second-order valence-electron chi connectivity index (χ2n) is 24.5. The maximum Gasteiger partial charge on any atom is 0.306 e. The zero-order valence-corrected chi connectivity index (χ0v) is 54.6. The van der Waals surface area contributed by atoms with E-state index in [2.05, 4.69) is 69.4 Å². The number of esters is 3. The number of hydrogen-bond donors (Lipinski definition) is 0. The lowest BCUT2D eigenvalue weighted by Gasteiger charge is -2.18. The van der Waals surface area contributed by atoms with Crippen LogP contribution in [0.2, 0.25) is 0 Å². The summed E-state index contributed by atoms with van der Waals surface area (Å²) in [6.45, 7) is 6.61. The fourth-order valence-electron chi connectivity index (χ4n) is 11.0. The van der Waals surface area contributed by atoms with Gasteiger partial charge in [0.25, 0.3) is 0 Å². The van der Waals surface area contributed by atoms with Crippen LogP contribution in [0.25, 0.3) is 0 Å². The molecule has 0 aromatic rings. The summed E-state index contributed by atoms with van der Waals surface area (Å²) in [5.74, 6) is -0.846. The Morgan fingerprint density at radius 1 is 0.259 bits per heavy atom. The number of unbranched alkanes of at least 4 members (excludes halogenated alkanes) is 48. The second-order valence-corrected chi connectivity index (χ2v) is 24.5.